The molecule has 6 heteroatoms. The van der Waals surface area contributed by atoms with Gasteiger partial charge in [-0.25, -0.2) is 4.98 Å². The highest BCUT2D eigenvalue weighted by Gasteiger charge is 2.20. The molecule has 0 spiro atoms. The molecule has 1 saturated heterocycles. The molecule has 1 N–H and O–H groups in total. The van der Waals surface area contributed by atoms with Crippen LogP contribution in [0.4, 0.5) is 5.82 Å². The Morgan fingerprint density at radius 2 is 2.15 bits per heavy atom. The molecule has 0 saturated carbocycles. The fourth-order valence-corrected chi connectivity index (χ4v) is 2.64. The third-order valence-corrected chi connectivity index (χ3v) is 3.66. The molecular formula is C14H16N4O2. The number of nitrogens with zero attached hydrogens (tertiary/aromatic N) is 4. The van der Waals surface area contributed by atoms with Crippen molar-refractivity contribution in [3.8, 4) is 0 Å². The van der Waals surface area contributed by atoms with Gasteiger partial charge < -0.3 is 10.1 Å². The van der Waals surface area contributed by atoms with Gasteiger partial charge in [-0.05, 0) is 31.4 Å². The number of hydrogen-bond acceptors (Lipinski definition) is 5. The molecule has 1 aliphatic rings. The molecule has 0 radical (unpaired) electrons. The van der Waals surface area contributed by atoms with Crippen LogP contribution in [-0.4, -0.2) is 33.9 Å². The molecule has 104 valence electrons. The van der Waals surface area contributed by atoms with Crippen LogP contribution in [0.1, 0.15) is 24.0 Å². The number of rotatable bonds is 2. The molecule has 2 aromatic rings. The van der Waals surface area contributed by atoms with Gasteiger partial charge in [-0.2, -0.15) is 0 Å². The predicted molar refractivity (Wildman–Crippen MR) is 77.0 cm³/mol. The third-order valence-electron chi connectivity index (χ3n) is 3.66. The Labute approximate surface area is 116 Å². The van der Waals surface area contributed by atoms with Crippen LogP contribution < -0.4 is 10.5 Å². The Morgan fingerprint density at radius 1 is 1.40 bits per heavy atom. The summed E-state index contributed by atoms with van der Waals surface area (Å²) in [5.74, 6) is 0.611. The fraction of sp³-hybridized carbons (Fsp3) is 0.357. The van der Waals surface area contributed by atoms with Crippen LogP contribution in [0, 0.1) is 6.92 Å². The summed E-state index contributed by atoms with van der Waals surface area (Å²) in [7, 11) is 0. The number of hydrogen-bond donors (Lipinski definition) is 1. The van der Waals surface area contributed by atoms with Gasteiger partial charge in [0, 0.05) is 19.3 Å². The van der Waals surface area contributed by atoms with Gasteiger partial charge in [0.15, 0.2) is 0 Å². The van der Waals surface area contributed by atoms with Crippen molar-refractivity contribution in [1.29, 1.82) is 0 Å². The summed E-state index contributed by atoms with van der Waals surface area (Å²) in [6, 6.07) is 3.73. The van der Waals surface area contributed by atoms with Crippen molar-refractivity contribution in [3.05, 3.63) is 39.8 Å². The lowest BCUT2D eigenvalue weighted by atomic mass is 10.2. The molecule has 3 heterocycles. The summed E-state index contributed by atoms with van der Waals surface area (Å²) < 4.78 is 1.49. The average Bonchev–Trinajstić information content (AvgIpc) is 2.96. The van der Waals surface area contributed by atoms with E-state index in [-0.39, 0.29) is 5.56 Å². The summed E-state index contributed by atoms with van der Waals surface area (Å²) in [5.41, 5.74) is 1.71. The van der Waals surface area contributed by atoms with Crippen LogP contribution in [0.5, 0.6) is 0 Å². The smallest absolute Gasteiger partial charge is 0.269 e. The molecule has 0 amide bonds. The largest absolute Gasteiger partial charge is 0.411 e. The van der Waals surface area contributed by atoms with Crippen molar-refractivity contribution >= 4 is 17.7 Å². The van der Waals surface area contributed by atoms with Gasteiger partial charge >= 0.3 is 0 Å². The number of oxime groups is 1. The van der Waals surface area contributed by atoms with Crippen LogP contribution in [0.15, 0.2) is 28.3 Å². The second-order valence-corrected chi connectivity index (χ2v) is 4.98. The fourth-order valence-electron chi connectivity index (χ4n) is 2.64. The summed E-state index contributed by atoms with van der Waals surface area (Å²) in [5, 5.41) is 11.8. The third kappa shape index (κ3) is 1.93. The molecule has 3 rings (SSSR count). The van der Waals surface area contributed by atoms with Gasteiger partial charge in [-0.1, -0.05) is 11.2 Å². The van der Waals surface area contributed by atoms with Gasteiger partial charge in [-0.15, -0.1) is 0 Å². The molecular weight excluding hydrogens is 256 g/mol. The molecule has 0 aliphatic carbocycles. The maximum Gasteiger partial charge on any atom is 0.269 e. The zero-order valence-electron chi connectivity index (χ0n) is 11.3. The molecule has 1 aliphatic heterocycles. The van der Waals surface area contributed by atoms with Crippen LogP contribution in [0.3, 0.4) is 0 Å². The van der Waals surface area contributed by atoms with E-state index in [1.54, 1.807) is 12.3 Å². The molecule has 1 fully saturated rings. The van der Waals surface area contributed by atoms with E-state index >= 15 is 0 Å². The first-order valence-electron chi connectivity index (χ1n) is 6.67. The molecule has 0 aromatic carbocycles. The van der Waals surface area contributed by atoms with Crippen molar-refractivity contribution in [2.45, 2.75) is 19.8 Å². The van der Waals surface area contributed by atoms with Crippen molar-refractivity contribution in [3.63, 3.8) is 0 Å². The number of aromatic nitrogens is 2. The summed E-state index contributed by atoms with van der Waals surface area (Å²) in [6.45, 7) is 3.68. The van der Waals surface area contributed by atoms with Gasteiger partial charge in [0.2, 0.25) is 0 Å². The minimum Gasteiger partial charge on any atom is -0.411 e. The maximum absolute atomic E-state index is 12.5. The summed E-state index contributed by atoms with van der Waals surface area (Å²) in [6.07, 6.45) is 5.03. The molecule has 6 nitrogen and oxygen atoms in total. The van der Waals surface area contributed by atoms with Gasteiger partial charge in [0.25, 0.3) is 5.56 Å². The summed E-state index contributed by atoms with van der Waals surface area (Å²) >= 11 is 0. The monoisotopic (exact) mass is 272 g/mol. The highest BCUT2D eigenvalue weighted by Crippen LogP contribution is 2.21. The number of pyridine rings is 1. The van der Waals surface area contributed by atoms with Gasteiger partial charge in [0.05, 0.1) is 6.21 Å². The minimum absolute atomic E-state index is 0.210. The first-order valence-corrected chi connectivity index (χ1v) is 6.67. The van der Waals surface area contributed by atoms with Crippen molar-refractivity contribution in [1.82, 2.24) is 9.38 Å². The van der Waals surface area contributed by atoms with E-state index in [2.05, 4.69) is 15.0 Å². The Kier molecular flexibility index (Phi) is 3.14. The van der Waals surface area contributed by atoms with E-state index in [1.165, 1.54) is 10.6 Å². The zero-order valence-corrected chi connectivity index (χ0v) is 11.3. The zero-order chi connectivity index (χ0) is 14.1. The van der Waals surface area contributed by atoms with Crippen molar-refractivity contribution < 1.29 is 5.21 Å². The molecule has 2 aromatic heterocycles. The molecule has 0 atom stereocenters. The van der Waals surface area contributed by atoms with E-state index in [1.807, 2.05) is 13.0 Å². The lowest BCUT2D eigenvalue weighted by molar-refractivity contribution is 0.322. The normalized spacial score (nSPS) is 15.6. The highest BCUT2D eigenvalue weighted by molar-refractivity contribution is 5.86. The maximum atomic E-state index is 12.5. The Hall–Kier alpha value is -2.37. The quantitative estimate of drug-likeness (QED) is 0.510. The highest BCUT2D eigenvalue weighted by atomic mass is 16.4. The van der Waals surface area contributed by atoms with E-state index in [0.29, 0.717) is 17.0 Å². The summed E-state index contributed by atoms with van der Waals surface area (Å²) in [4.78, 5) is 19.2. The average molecular weight is 272 g/mol. The standard InChI is InChI=1S/C14H16N4O2/c1-10-5-4-8-18-12(10)16-13(17-6-2-3-7-17)11(9-15-20)14(18)19/h4-5,8-9,20H,2-3,6-7H2,1H3/b15-9-. The van der Waals surface area contributed by atoms with E-state index in [4.69, 9.17) is 5.21 Å². The molecule has 0 unspecified atom stereocenters. The second kappa shape index (κ2) is 4.96. The van der Waals surface area contributed by atoms with Gasteiger partial charge in [-0.3, -0.25) is 9.20 Å². The SMILES string of the molecule is Cc1cccn2c(=O)c(/C=N\O)c(N3CCCC3)nc12. The molecule has 20 heavy (non-hydrogen) atoms. The Morgan fingerprint density at radius 3 is 2.85 bits per heavy atom. The van der Waals surface area contributed by atoms with Crippen LogP contribution in [0.2, 0.25) is 0 Å². The van der Waals surface area contributed by atoms with Crippen LogP contribution in [0.25, 0.3) is 5.65 Å². The first kappa shape index (κ1) is 12.7. The predicted octanol–water partition coefficient (Wildman–Crippen LogP) is 1.41. The van der Waals surface area contributed by atoms with Crippen LogP contribution >= 0.6 is 0 Å². The van der Waals surface area contributed by atoms with E-state index < -0.39 is 0 Å². The lowest BCUT2D eigenvalue weighted by Crippen LogP contribution is -2.28. The first-order chi connectivity index (χ1) is 9.72. The van der Waals surface area contributed by atoms with E-state index in [0.717, 1.165) is 31.5 Å². The van der Waals surface area contributed by atoms with E-state index in [9.17, 15) is 4.79 Å². The van der Waals surface area contributed by atoms with Gasteiger partial charge in [0.1, 0.15) is 17.0 Å². The minimum atomic E-state index is -0.210. The second-order valence-electron chi connectivity index (χ2n) is 4.98. The molecule has 0 bridgehead atoms. The van der Waals surface area contributed by atoms with Crippen LogP contribution in [-0.2, 0) is 0 Å². The lowest BCUT2D eigenvalue weighted by Gasteiger charge is -2.19. The van der Waals surface area contributed by atoms with Crippen molar-refractivity contribution in [2.75, 3.05) is 18.0 Å². The van der Waals surface area contributed by atoms with Crippen molar-refractivity contribution in [2.24, 2.45) is 5.16 Å². The Bertz CT molecular complexity index is 730. The number of anilines is 1. The topological polar surface area (TPSA) is 70.2 Å². The number of fused-ring (bicyclic) bond motifs is 1. The Balaban J connectivity index is 2.33. The number of aryl methyl sites for hydroxylation is 1.